The number of nitrogens with zero attached hydrogens (tertiary/aromatic N) is 1. The zero-order valence-corrected chi connectivity index (χ0v) is 10.8. The maximum Gasteiger partial charge on any atom is 0.303 e. The van der Waals surface area contributed by atoms with Crippen LogP contribution in [0.25, 0.3) is 0 Å². The molecule has 0 saturated carbocycles. The van der Waals surface area contributed by atoms with E-state index in [-0.39, 0.29) is 25.3 Å². The number of carboxylic acid groups (broad SMARTS) is 1. The molecule has 0 aliphatic heterocycles. The average molecular weight is 240 g/mol. The minimum atomic E-state index is -0.917. The smallest absolute Gasteiger partial charge is 0.303 e. The van der Waals surface area contributed by atoms with E-state index in [1.807, 2.05) is 0 Å². The Bertz CT molecular complexity index is 340. The lowest BCUT2D eigenvalue weighted by atomic mass is 9.85. The Kier molecular flexibility index (Phi) is 5.14. The van der Waals surface area contributed by atoms with Gasteiger partial charge in [0, 0.05) is 13.0 Å². The highest BCUT2D eigenvalue weighted by Gasteiger charge is 2.26. The topological polar surface area (TPSA) is 90.2 Å². The summed E-state index contributed by atoms with van der Waals surface area (Å²) < 4.78 is 0. The Morgan fingerprint density at radius 1 is 1.24 bits per heavy atom. The van der Waals surface area contributed by atoms with Crippen molar-refractivity contribution >= 4 is 11.9 Å². The van der Waals surface area contributed by atoms with E-state index in [2.05, 4.69) is 11.4 Å². The first kappa shape index (κ1) is 15.4. The van der Waals surface area contributed by atoms with E-state index >= 15 is 0 Å². The molecule has 5 heteroatoms. The van der Waals surface area contributed by atoms with Crippen molar-refractivity contribution in [3.8, 4) is 6.07 Å². The van der Waals surface area contributed by atoms with Crippen LogP contribution in [0, 0.1) is 22.2 Å². The summed E-state index contributed by atoms with van der Waals surface area (Å²) in [6.45, 7) is 7.20. The van der Waals surface area contributed by atoms with E-state index in [1.54, 1.807) is 27.7 Å². The minimum absolute atomic E-state index is 0.0535. The molecule has 0 radical (unpaired) electrons. The van der Waals surface area contributed by atoms with Crippen LogP contribution in [-0.2, 0) is 9.59 Å². The van der Waals surface area contributed by atoms with Gasteiger partial charge in [0.15, 0.2) is 0 Å². The zero-order chi connectivity index (χ0) is 13.7. The monoisotopic (exact) mass is 240 g/mol. The third kappa shape index (κ3) is 7.34. The molecule has 0 aliphatic carbocycles. The van der Waals surface area contributed by atoms with Gasteiger partial charge in [-0.2, -0.15) is 5.26 Å². The third-order valence-corrected chi connectivity index (χ3v) is 2.30. The molecule has 0 heterocycles. The summed E-state index contributed by atoms with van der Waals surface area (Å²) in [4.78, 5) is 22.2. The number of amides is 1. The van der Waals surface area contributed by atoms with Gasteiger partial charge in [0.05, 0.1) is 17.9 Å². The fourth-order valence-corrected chi connectivity index (χ4v) is 1.33. The molecule has 0 rings (SSSR count). The van der Waals surface area contributed by atoms with Gasteiger partial charge in [-0.05, 0) is 19.3 Å². The molecule has 96 valence electrons. The van der Waals surface area contributed by atoms with Gasteiger partial charge in [0.25, 0.3) is 0 Å². The van der Waals surface area contributed by atoms with Crippen LogP contribution in [0.15, 0.2) is 0 Å². The first-order valence-corrected chi connectivity index (χ1v) is 5.48. The van der Waals surface area contributed by atoms with Gasteiger partial charge in [0.2, 0.25) is 5.91 Å². The molecular formula is C12H20N2O3. The van der Waals surface area contributed by atoms with Gasteiger partial charge in [-0.1, -0.05) is 13.8 Å². The van der Waals surface area contributed by atoms with Crippen LogP contribution >= 0.6 is 0 Å². The molecule has 2 N–H and O–H groups in total. The number of carboxylic acids is 1. The lowest BCUT2D eigenvalue weighted by Crippen LogP contribution is -2.36. The lowest BCUT2D eigenvalue weighted by molar-refractivity contribution is -0.139. The van der Waals surface area contributed by atoms with Crippen molar-refractivity contribution in [3.63, 3.8) is 0 Å². The van der Waals surface area contributed by atoms with Crippen molar-refractivity contribution in [2.45, 2.75) is 40.5 Å². The maximum atomic E-state index is 11.6. The lowest BCUT2D eigenvalue weighted by Gasteiger charge is -2.23. The number of nitrogens with one attached hydrogen (secondary N) is 1. The number of rotatable bonds is 6. The summed E-state index contributed by atoms with van der Waals surface area (Å²) in [7, 11) is 0. The predicted molar refractivity (Wildman–Crippen MR) is 63.1 cm³/mol. The summed E-state index contributed by atoms with van der Waals surface area (Å²) in [5.41, 5.74) is -1.18. The molecule has 0 aromatic rings. The number of hydrogen-bond acceptors (Lipinski definition) is 3. The van der Waals surface area contributed by atoms with Crippen molar-refractivity contribution in [1.29, 1.82) is 5.26 Å². The molecule has 0 saturated heterocycles. The molecule has 0 spiro atoms. The van der Waals surface area contributed by atoms with Crippen LogP contribution in [-0.4, -0.2) is 23.5 Å². The zero-order valence-electron chi connectivity index (χ0n) is 10.8. The summed E-state index contributed by atoms with van der Waals surface area (Å²) in [5.74, 6) is -1.14. The van der Waals surface area contributed by atoms with E-state index < -0.39 is 16.8 Å². The highest BCUT2D eigenvalue weighted by atomic mass is 16.4. The highest BCUT2D eigenvalue weighted by molar-refractivity contribution is 5.78. The second-order valence-electron chi connectivity index (χ2n) is 5.68. The number of carbonyl (C=O) groups excluding carboxylic acids is 1. The third-order valence-electron chi connectivity index (χ3n) is 2.30. The molecular weight excluding hydrogens is 220 g/mol. The largest absolute Gasteiger partial charge is 0.481 e. The fraction of sp³-hybridized carbons (Fsp3) is 0.750. The van der Waals surface area contributed by atoms with Crippen LogP contribution in [0.5, 0.6) is 0 Å². The van der Waals surface area contributed by atoms with E-state index in [1.165, 1.54) is 0 Å². The molecule has 1 amide bonds. The Morgan fingerprint density at radius 2 is 1.76 bits per heavy atom. The summed E-state index contributed by atoms with van der Waals surface area (Å²) in [6.07, 6.45) is 0.0862. The van der Waals surface area contributed by atoms with Crippen molar-refractivity contribution in [2.24, 2.45) is 10.8 Å². The van der Waals surface area contributed by atoms with E-state index in [0.717, 1.165) is 0 Å². The van der Waals surface area contributed by atoms with Crippen molar-refractivity contribution in [1.82, 2.24) is 5.32 Å². The predicted octanol–water partition coefficient (Wildman–Crippen LogP) is 1.54. The maximum absolute atomic E-state index is 11.6. The first-order chi connectivity index (χ1) is 7.58. The second kappa shape index (κ2) is 5.67. The Balaban J connectivity index is 4.20. The number of aliphatic carboxylic acids is 1. The Labute approximate surface area is 102 Å². The van der Waals surface area contributed by atoms with Crippen LogP contribution in [0.3, 0.4) is 0 Å². The molecule has 0 aromatic heterocycles. The summed E-state index contributed by atoms with van der Waals surface area (Å²) >= 11 is 0. The van der Waals surface area contributed by atoms with Gasteiger partial charge in [0.1, 0.15) is 0 Å². The van der Waals surface area contributed by atoms with Gasteiger partial charge in [-0.25, -0.2) is 0 Å². The SMILES string of the molecule is CC(C)(C#N)CNC(=O)CC(C)(C)CC(=O)O. The van der Waals surface area contributed by atoms with Crippen LogP contribution in [0.2, 0.25) is 0 Å². The fourth-order valence-electron chi connectivity index (χ4n) is 1.33. The molecule has 5 nitrogen and oxygen atoms in total. The number of hydrogen-bond donors (Lipinski definition) is 2. The normalized spacial score (nSPS) is 11.7. The molecule has 0 atom stereocenters. The van der Waals surface area contributed by atoms with Crippen molar-refractivity contribution < 1.29 is 14.7 Å². The molecule has 0 unspecified atom stereocenters. The molecule has 0 fully saturated rings. The number of nitriles is 1. The Morgan fingerprint density at radius 3 is 2.18 bits per heavy atom. The van der Waals surface area contributed by atoms with E-state index in [9.17, 15) is 9.59 Å². The van der Waals surface area contributed by atoms with Crippen molar-refractivity contribution in [2.75, 3.05) is 6.54 Å². The standard InChI is InChI=1S/C12H20N2O3/c1-11(2,6-10(16)17)5-9(15)14-8-12(3,4)7-13/h5-6,8H2,1-4H3,(H,14,15)(H,16,17). The quantitative estimate of drug-likeness (QED) is 0.736. The molecule has 0 bridgehead atoms. The van der Waals surface area contributed by atoms with E-state index in [0.29, 0.717) is 0 Å². The highest BCUT2D eigenvalue weighted by Crippen LogP contribution is 2.24. The van der Waals surface area contributed by atoms with Crippen LogP contribution < -0.4 is 5.32 Å². The average Bonchev–Trinajstić information content (AvgIpc) is 2.12. The Hall–Kier alpha value is -1.57. The second-order valence-corrected chi connectivity index (χ2v) is 5.68. The van der Waals surface area contributed by atoms with Gasteiger partial charge in [-0.15, -0.1) is 0 Å². The number of carbonyl (C=O) groups is 2. The van der Waals surface area contributed by atoms with Crippen LogP contribution in [0.1, 0.15) is 40.5 Å². The van der Waals surface area contributed by atoms with Crippen molar-refractivity contribution in [3.05, 3.63) is 0 Å². The molecule has 0 aromatic carbocycles. The van der Waals surface area contributed by atoms with Gasteiger partial charge >= 0.3 is 5.97 Å². The summed E-state index contributed by atoms with van der Waals surface area (Å²) in [5, 5.41) is 20.1. The van der Waals surface area contributed by atoms with Crippen LogP contribution in [0.4, 0.5) is 0 Å². The van der Waals surface area contributed by atoms with Gasteiger partial charge in [-0.3, -0.25) is 9.59 Å². The molecule has 17 heavy (non-hydrogen) atoms. The summed E-state index contributed by atoms with van der Waals surface area (Å²) in [6, 6.07) is 2.08. The minimum Gasteiger partial charge on any atom is -0.481 e. The first-order valence-electron chi connectivity index (χ1n) is 5.48. The van der Waals surface area contributed by atoms with Gasteiger partial charge < -0.3 is 10.4 Å². The van der Waals surface area contributed by atoms with E-state index in [4.69, 9.17) is 10.4 Å². The molecule has 0 aliphatic rings.